The van der Waals surface area contributed by atoms with Crippen molar-refractivity contribution in [2.24, 2.45) is 0 Å². The van der Waals surface area contributed by atoms with E-state index in [9.17, 15) is 9.59 Å². The molecular weight excluding hydrogens is 344 g/mol. The first-order valence-corrected chi connectivity index (χ1v) is 8.54. The number of hydrogen-bond acceptors (Lipinski definition) is 5. The molecule has 8 heteroatoms. The van der Waals surface area contributed by atoms with E-state index in [0.717, 1.165) is 17.0 Å². The van der Waals surface area contributed by atoms with Crippen molar-refractivity contribution < 1.29 is 4.79 Å². The molecule has 1 amide bonds. The number of rotatable bonds is 4. The van der Waals surface area contributed by atoms with Crippen LogP contribution in [0.25, 0.3) is 11.3 Å². The SMILES string of the molecule is Cc1n[nH]c(C)c1[C@@H](C)N(C)C(=O)c1ccc(-c2cc(=O)[nH]c(N)n2)cc1. The van der Waals surface area contributed by atoms with E-state index in [1.165, 1.54) is 6.07 Å². The molecule has 2 aromatic heterocycles. The second-order valence-electron chi connectivity index (χ2n) is 6.53. The second kappa shape index (κ2) is 7.06. The zero-order valence-corrected chi connectivity index (χ0v) is 15.7. The van der Waals surface area contributed by atoms with Crippen LogP contribution in [0.4, 0.5) is 5.95 Å². The fourth-order valence-electron chi connectivity index (χ4n) is 3.16. The number of aromatic amines is 2. The summed E-state index contributed by atoms with van der Waals surface area (Å²) >= 11 is 0. The van der Waals surface area contributed by atoms with Crippen LogP contribution < -0.4 is 11.3 Å². The number of nitrogen functional groups attached to an aromatic ring is 1. The minimum atomic E-state index is -0.322. The number of benzene rings is 1. The fourth-order valence-corrected chi connectivity index (χ4v) is 3.16. The fraction of sp³-hybridized carbons (Fsp3) is 0.263. The van der Waals surface area contributed by atoms with Gasteiger partial charge < -0.3 is 10.6 Å². The highest BCUT2D eigenvalue weighted by atomic mass is 16.2. The van der Waals surface area contributed by atoms with E-state index in [0.29, 0.717) is 16.8 Å². The van der Waals surface area contributed by atoms with E-state index in [-0.39, 0.29) is 23.5 Å². The summed E-state index contributed by atoms with van der Waals surface area (Å²) in [6, 6.07) is 8.18. The summed E-state index contributed by atoms with van der Waals surface area (Å²) in [5.41, 5.74) is 9.83. The molecular formula is C19H22N6O2. The van der Waals surface area contributed by atoms with E-state index in [4.69, 9.17) is 5.73 Å². The lowest BCUT2D eigenvalue weighted by molar-refractivity contribution is 0.0742. The van der Waals surface area contributed by atoms with Crippen LogP contribution >= 0.6 is 0 Å². The zero-order chi connectivity index (χ0) is 19.7. The second-order valence-corrected chi connectivity index (χ2v) is 6.53. The minimum absolute atomic E-state index is 0.0528. The smallest absolute Gasteiger partial charge is 0.254 e. The molecule has 2 heterocycles. The van der Waals surface area contributed by atoms with E-state index in [1.807, 2.05) is 20.8 Å². The lowest BCUT2D eigenvalue weighted by atomic mass is 10.0. The molecule has 0 fully saturated rings. The highest BCUT2D eigenvalue weighted by molar-refractivity contribution is 5.94. The quantitative estimate of drug-likeness (QED) is 0.653. The Bertz CT molecular complexity index is 1020. The van der Waals surface area contributed by atoms with Gasteiger partial charge in [-0.15, -0.1) is 0 Å². The summed E-state index contributed by atoms with van der Waals surface area (Å²) < 4.78 is 0. The topological polar surface area (TPSA) is 121 Å². The van der Waals surface area contributed by atoms with Crippen LogP contribution in [0.15, 0.2) is 35.1 Å². The van der Waals surface area contributed by atoms with Gasteiger partial charge in [0.05, 0.1) is 17.4 Å². The van der Waals surface area contributed by atoms with Crippen molar-refractivity contribution in [3.63, 3.8) is 0 Å². The van der Waals surface area contributed by atoms with Gasteiger partial charge in [0.25, 0.3) is 11.5 Å². The van der Waals surface area contributed by atoms with Gasteiger partial charge in [0.2, 0.25) is 5.95 Å². The van der Waals surface area contributed by atoms with Crippen molar-refractivity contribution in [2.75, 3.05) is 12.8 Å². The Hall–Kier alpha value is -3.42. The summed E-state index contributed by atoms with van der Waals surface area (Å²) in [6.07, 6.45) is 0. The molecule has 1 atom stereocenters. The highest BCUT2D eigenvalue weighted by Gasteiger charge is 2.23. The van der Waals surface area contributed by atoms with Gasteiger partial charge in [0, 0.05) is 35.5 Å². The maximum Gasteiger partial charge on any atom is 0.254 e. The van der Waals surface area contributed by atoms with Gasteiger partial charge in [-0.05, 0) is 32.9 Å². The van der Waals surface area contributed by atoms with Crippen molar-refractivity contribution in [3.8, 4) is 11.3 Å². The number of H-pyrrole nitrogens is 2. The van der Waals surface area contributed by atoms with E-state index < -0.39 is 0 Å². The number of hydrogen-bond donors (Lipinski definition) is 3. The number of nitrogens with one attached hydrogen (secondary N) is 2. The van der Waals surface area contributed by atoms with Crippen molar-refractivity contribution in [2.45, 2.75) is 26.8 Å². The molecule has 3 aromatic rings. The number of aryl methyl sites for hydroxylation is 2. The monoisotopic (exact) mass is 366 g/mol. The Morgan fingerprint density at radius 3 is 2.44 bits per heavy atom. The molecule has 27 heavy (non-hydrogen) atoms. The normalized spacial score (nSPS) is 12.0. The Kier molecular flexibility index (Phi) is 4.81. The summed E-state index contributed by atoms with van der Waals surface area (Å²) in [7, 11) is 1.77. The molecule has 0 saturated carbocycles. The average molecular weight is 366 g/mol. The van der Waals surface area contributed by atoms with Gasteiger partial charge in [-0.25, -0.2) is 4.98 Å². The number of carbonyl (C=O) groups excluding carboxylic acids is 1. The third kappa shape index (κ3) is 3.59. The van der Waals surface area contributed by atoms with Crippen molar-refractivity contribution in [1.82, 2.24) is 25.1 Å². The van der Waals surface area contributed by atoms with Crippen molar-refractivity contribution >= 4 is 11.9 Å². The van der Waals surface area contributed by atoms with Crippen LogP contribution in [0.1, 0.15) is 40.3 Å². The third-order valence-corrected chi connectivity index (χ3v) is 4.69. The van der Waals surface area contributed by atoms with Crippen LogP contribution in [0.3, 0.4) is 0 Å². The van der Waals surface area contributed by atoms with Crippen LogP contribution in [0.5, 0.6) is 0 Å². The molecule has 0 aliphatic heterocycles. The maximum absolute atomic E-state index is 12.9. The molecule has 0 aliphatic carbocycles. The van der Waals surface area contributed by atoms with E-state index in [2.05, 4.69) is 20.2 Å². The predicted octanol–water partition coefficient (Wildman–Crippen LogP) is 2.19. The zero-order valence-electron chi connectivity index (χ0n) is 15.7. The number of aromatic nitrogens is 4. The molecule has 0 saturated heterocycles. The molecule has 0 unspecified atom stereocenters. The highest BCUT2D eigenvalue weighted by Crippen LogP contribution is 2.26. The van der Waals surface area contributed by atoms with Gasteiger partial charge >= 0.3 is 0 Å². The Labute approximate surface area is 156 Å². The standard InChI is InChI=1S/C19H22N6O2/c1-10-17(11(2)24-23-10)12(3)25(4)18(27)14-7-5-13(6-8-14)15-9-16(26)22-19(20)21-15/h5-9,12H,1-4H3,(H,23,24)(H3,20,21,22,26)/t12-/m1/s1. The first kappa shape index (κ1) is 18.4. The van der Waals surface area contributed by atoms with Gasteiger partial charge in [-0.1, -0.05) is 12.1 Å². The molecule has 0 aliphatic rings. The maximum atomic E-state index is 12.9. The Morgan fingerprint density at radius 1 is 1.22 bits per heavy atom. The number of nitrogens with zero attached hydrogens (tertiary/aromatic N) is 3. The van der Waals surface area contributed by atoms with Gasteiger partial charge in [0.1, 0.15) is 0 Å². The summed E-state index contributed by atoms with van der Waals surface area (Å²) in [4.78, 5) is 32.6. The average Bonchev–Trinajstić information content (AvgIpc) is 2.97. The summed E-state index contributed by atoms with van der Waals surface area (Å²) in [5.74, 6) is -0.0514. The number of amides is 1. The predicted molar refractivity (Wildman–Crippen MR) is 103 cm³/mol. The molecule has 1 aromatic carbocycles. The minimum Gasteiger partial charge on any atom is -0.369 e. The van der Waals surface area contributed by atoms with Crippen LogP contribution in [-0.4, -0.2) is 38.0 Å². The van der Waals surface area contributed by atoms with Gasteiger partial charge in [0.15, 0.2) is 0 Å². The molecule has 8 nitrogen and oxygen atoms in total. The molecule has 140 valence electrons. The number of anilines is 1. The van der Waals surface area contributed by atoms with Crippen molar-refractivity contribution in [3.05, 3.63) is 63.2 Å². The summed E-state index contributed by atoms with van der Waals surface area (Å²) in [6.45, 7) is 5.84. The Balaban J connectivity index is 1.84. The van der Waals surface area contributed by atoms with Crippen LogP contribution in [-0.2, 0) is 0 Å². The van der Waals surface area contributed by atoms with Crippen LogP contribution in [0, 0.1) is 13.8 Å². The lowest BCUT2D eigenvalue weighted by Gasteiger charge is -2.25. The largest absolute Gasteiger partial charge is 0.369 e. The first-order chi connectivity index (χ1) is 12.8. The number of carbonyl (C=O) groups is 1. The number of nitrogens with two attached hydrogens (primary N) is 1. The van der Waals surface area contributed by atoms with Gasteiger partial charge in [-0.3, -0.25) is 19.7 Å². The molecule has 4 N–H and O–H groups in total. The molecule has 0 bridgehead atoms. The van der Waals surface area contributed by atoms with E-state index in [1.54, 1.807) is 36.2 Å². The Morgan fingerprint density at radius 2 is 1.89 bits per heavy atom. The summed E-state index contributed by atoms with van der Waals surface area (Å²) in [5, 5.41) is 7.16. The molecule has 0 spiro atoms. The molecule has 0 radical (unpaired) electrons. The van der Waals surface area contributed by atoms with Gasteiger partial charge in [-0.2, -0.15) is 5.10 Å². The van der Waals surface area contributed by atoms with E-state index >= 15 is 0 Å². The van der Waals surface area contributed by atoms with Crippen molar-refractivity contribution in [1.29, 1.82) is 0 Å². The first-order valence-electron chi connectivity index (χ1n) is 8.54. The lowest BCUT2D eigenvalue weighted by Crippen LogP contribution is -2.30. The van der Waals surface area contributed by atoms with Crippen LogP contribution in [0.2, 0.25) is 0 Å². The molecule has 3 rings (SSSR count). The third-order valence-electron chi connectivity index (χ3n) is 4.69.